The molecule has 140 valence electrons. The number of rotatable bonds is 6. The van der Waals surface area contributed by atoms with Gasteiger partial charge in [-0.25, -0.2) is 9.97 Å². The quantitative estimate of drug-likeness (QED) is 0.858. The molecule has 0 spiro atoms. The number of nitrogens with one attached hydrogen (secondary N) is 1. The molecule has 7 nitrogen and oxygen atoms in total. The SMILES string of the molecule is CCn1ccnc1[C@@H]1OCCC[C@H]1C(=O)NCc1cccc(N(C)C)n1. The Labute approximate surface area is 154 Å². The molecule has 3 rings (SSSR count). The molecule has 7 heteroatoms. The molecule has 0 bridgehead atoms. The van der Waals surface area contributed by atoms with Crippen LogP contribution in [0.4, 0.5) is 5.82 Å². The first-order chi connectivity index (χ1) is 12.6. The lowest BCUT2D eigenvalue weighted by molar-refractivity contribution is -0.135. The van der Waals surface area contributed by atoms with Crippen molar-refractivity contribution in [2.24, 2.45) is 5.92 Å². The van der Waals surface area contributed by atoms with Crippen LogP contribution in [-0.4, -0.2) is 41.1 Å². The van der Waals surface area contributed by atoms with E-state index >= 15 is 0 Å². The van der Waals surface area contributed by atoms with Crippen molar-refractivity contribution >= 4 is 11.7 Å². The lowest BCUT2D eigenvalue weighted by Gasteiger charge is -2.30. The number of pyridine rings is 1. The molecular formula is C19H27N5O2. The second-order valence-electron chi connectivity index (χ2n) is 6.71. The number of ether oxygens (including phenoxy) is 1. The fourth-order valence-electron chi connectivity index (χ4n) is 3.27. The number of carbonyl (C=O) groups is 1. The van der Waals surface area contributed by atoms with Gasteiger partial charge in [0.25, 0.3) is 0 Å². The van der Waals surface area contributed by atoms with Crippen LogP contribution in [0.1, 0.15) is 37.4 Å². The van der Waals surface area contributed by atoms with Gasteiger partial charge in [0, 0.05) is 39.6 Å². The van der Waals surface area contributed by atoms with Crippen molar-refractivity contribution in [2.45, 2.75) is 39.0 Å². The number of hydrogen-bond acceptors (Lipinski definition) is 5. The molecule has 0 aliphatic carbocycles. The zero-order valence-corrected chi connectivity index (χ0v) is 15.7. The van der Waals surface area contributed by atoms with Crippen LogP contribution >= 0.6 is 0 Å². The summed E-state index contributed by atoms with van der Waals surface area (Å²) in [5.41, 5.74) is 0.841. The van der Waals surface area contributed by atoms with Crippen LogP contribution in [-0.2, 0) is 22.6 Å². The predicted octanol–water partition coefficient (Wildman–Crippen LogP) is 2.15. The van der Waals surface area contributed by atoms with Crippen molar-refractivity contribution in [3.63, 3.8) is 0 Å². The van der Waals surface area contributed by atoms with E-state index in [-0.39, 0.29) is 17.9 Å². The predicted molar refractivity (Wildman–Crippen MR) is 99.7 cm³/mol. The molecule has 0 aromatic carbocycles. The zero-order chi connectivity index (χ0) is 18.5. The van der Waals surface area contributed by atoms with Crippen molar-refractivity contribution < 1.29 is 9.53 Å². The van der Waals surface area contributed by atoms with Gasteiger partial charge in [-0.05, 0) is 31.9 Å². The van der Waals surface area contributed by atoms with E-state index < -0.39 is 0 Å². The van der Waals surface area contributed by atoms with Gasteiger partial charge in [-0.15, -0.1) is 0 Å². The van der Waals surface area contributed by atoms with E-state index in [1.807, 2.05) is 48.0 Å². The molecule has 3 heterocycles. The number of anilines is 1. The first-order valence-electron chi connectivity index (χ1n) is 9.13. The summed E-state index contributed by atoms with van der Waals surface area (Å²) in [6.45, 7) is 3.95. The van der Waals surface area contributed by atoms with Gasteiger partial charge in [-0.3, -0.25) is 4.79 Å². The van der Waals surface area contributed by atoms with Gasteiger partial charge in [0.05, 0.1) is 18.2 Å². The van der Waals surface area contributed by atoms with Crippen molar-refractivity contribution in [3.05, 3.63) is 42.1 Å². The number of aryl methyl sites for hydroxylation is 1. The summed E-state index contributed by atoms with van der Waals surface area (Å²) in [6, 6.07) is 5.82. The third-order valence-electron chi connectivity index (χ3n) is 4.70. The van der Waals surface area contributed by atoms with Crippen molar-refractivity contribution in [1.29, 1.82) is 0 Å². The maximum absolute atomic E-state index is 12.8. The highest BCUT2D eigenvalue weighted by Crippen LogP contribution is 2.33. The van der Waals surface area contributed by atoms with E-state index in [0.717, 1.165) is 36.7 Å². The number of amides is 1. The van der Waals surface area contributed by atoms with Gasteiger partial charge in [0.15, 0.2) is 0 Å². The van der Waals surface area contributed by atoms with Gasteiger partial charge in [-0.2, -0.15) is 0 Å². The lowest BCUT2D eigenvalue weighted by Crippen LogP contribution is -2.38. The first kappa shape index (κ1) is 18.4. The van der Waals surface area contributed by atoms with Crippen molar-refractivity contribution in [1.82, 2.24) is 19.9 Å². The highest BCUT2D eigenvalue weighted by Gasteiger charge is 2.35. The Morgan fingerprint density at radius 1 is 1.42 bits per heavy atom. The fourth-order valence-corrected chi connectivity index (χ4v) is 3.27. The van der Waals surface area contributed by atoms with Gasteiger partial charge in [0.1, 0.15) is 17.7 Å². The molecule has 2 aromatic heterocycles. The van der Waals surface area contributed by atoms with Crippen LogP contribution in [0.3, 0.4) is 0 Å². The van der Waals surface area contributed by atoms with Crippen molar-refractivity contribution in [2.75, 3.05) is 25.6 Å². The molecule has 26 heavy (non-hydrogen) atoms. The molecule has 1 saturated heterocycles. The minimum absolute atomic E-state index is 0.00240. The Morgan fingerprint density at radius 3 is 3.04 bits per heavy atom. The maximum atomic E-state index is 12.8. The molecule has 0 unspecified atom stereocenters. The van der Waals surface area contributed by atoms with Crippen molar-refractivity contribution in [3.8, 4) is 0 Å². The molecule has 1 fully saturated rings. The summed E-state index contributed by atoms with van der Waals surface area (Å²) in [6.07, 6.45) is 5.09. The maximum Gasteiger partial charge on any atom is 0.226 e. The summed E-state index contributed by atoms with van der Waals surface area (Å²) >= 11 is 0. The van der Waals surface area contributed by atoms with Crippen LogP contribution in [0.25, 0.3) is 0 Å². The molecule has 1 amide bonds. The van der Waals surface area contributed by atoms with E-state index in [2.05, 4.69) is 22.2 Å². The summed E-state index contributed by atoms with van der Waals surface area (Å²) in [5, 5.41) is 3.03. The Hall–Kier alpha value is -2.41. The third-order valence-corrected chi connectivity index (χ3v) is 4.70. The minimum atomic E-state index is -0.292. The topological polar surface area (TPSA) is 72.3 Å². The average Bonchev–Trinajstić information content (AvgIpc) is 3.15. The number of hydrogen-bond donors (Lipinski definition) is 1. The second-order valence-corrected chi connectivity index (χ2v) is 6.71. The molecule has 1 aliphatic heterocycles. The van der Waals surface area contributed by atoms with Gasteiger partial charge in [-0.1, -0.05) is 6.07 Å². The summed E-state index contributed by atoms with van der Waals surface area (Å²) in [4.78, 5) is 23.8. The first-order valence-corrected chi connectivity index (χ1v) is 9.13. The van der Waals surface area contributed by atoms with E-state index in [4.69, 9.17) is 4.74 Å². The minimum Gasteiger partial charge on any atom is -0.369 e. The Morgan fingerprint density at radius 2 is 2.27 bits per heavy atom. The Bertz CT molecular complexity index is 743. The number of aromatic nitrogens is 3. The van der Waals surface area contributed by atoms with E-state index in [9.17, 15) is 4.79 Å². The van der Waals surface area contributed by atoms with Gasteiger partial charge < -0.3 is 19.5 Å². The molecule has 2 aromatic rings. The van der Waals surface area contributed by atoms with Gasteiger partial charge >= 0.3 is 0 Å². The standard InChI is InChI=1S/C19H27N5O2/c1-4-24-11-10-20-18(24)17-15(8-6-12-26-17)19(25)21-13-14-7-5-9-16(22-14)23(2)3/h5,7,9-11,15,17H,4,6,8,12-13H2,1-3H3,(H,21,25)/t15-,17-/m1/s1. The number of carbonyl (C=O) groups excluding carboxylic acids is 1. The highest BCUT2D eigenvalue weighted by molar-refractivity contribution is 5.79. The monoisotopic (exact) mass is 357 g/mol. The second kappa shape index (κ2) is 8.31. The Kier molecular flexibility index (Phi) is 5.88. The van der Waals surface area contributed by atoms with Crippen LogP contribution in [0.2, 0.25) is 0 Å². The van der Waals surface area contributed by atoms with Gasteiger partial charge in [0.2, 0.25) is 5.91 Å². The lowest BCUT2D eigenvalue weighted by atomic mass is 9.92. The summed E-state index contributed by atoms with van der Waals surface area (Å²) in [7, 11) is 3.90. The molecule has 2 atom stereocenters. The number of imidazole rings is 1. The molecule has 1 N–H and O–H groups in total. The molecule has 0 radical (unpaired) electrons. The van der Waals surface area contributed by atoms with E-state index in [1.165, 1.54) is 0 Å². The average molecular weight is 357 g/mol. The Balaban J connectivity index is 1.68. The smallest absolute Gasteiger partial charge is 0.226 e. The highest BCUT2D eigenvalue weighted by atomic mass is 16.5. The largest absolute Gasteiger partial charge is 0.369 e. The van der Waals surface area contributed by atoms with Crippen LogP contribution in [0.15, 0.2) is 30.6 Å². The normalized spacial score (nSPS) is 20.0. The third kappa shape index (κ3) is 4.04. The molecule has 1 aliphatic rings. The summed E-state index contributed by atoms with van der Waals surface area (Å²) < 4.78 is 7.97. The van der Waals surface area contributed by atoms with Crippen LogP contribution < -0.4 is 10.2 Å². The molecule has 0 saturated carbocycles. The fraction of sp³-hybridized carbons (Fsp3) is 0.526. The van der Waals surface area contributed by atoms with Crippen LogP contribution in [0, 0.1) is 5.92 Å². The molecular weight excluding hydrogens is 330 g/mol. The van der Waals surface area contributed by atoms with E-state index in [1.54, 1.807) is 6.20 Å². The zero-order valence-electron chi connectivity index (χ0n) is 15.7. The van der Waals surface area contributed by atoms with Crippen LogP contribution in [0.5, 0.6) is 0 Å². The number of nitrogens with zero attached hydrogens (tertiary/aromatic N) is 4. The van der Waals surface area contributed by atoms with E-state index in [0.29, 0.717) is 13.2 Å². The summed E-state index contributed by atoms with van der Waals surface area (Å²) in [5.74, 6) is 1.48.